The Labute approximate surface area is 170 Å². The van der Waals surface area contributed by atoms with Gasteiger partial charge in [-0.25, -0.2) is 9.59 Å². The fraction of sp³-hybridized carbons (Fsp3) is 0.778. The number of alkyl carbamates (subject to hydrolysis) is 1. The lowest BCUT2D eigenvalue weighted by Crippen LogP contribution is -2.51. The third-order valence-electron chi connectivity index (χ3n) is 4.64. The number of ether oxygens (including phenoxy) is 1. The summed E-state index contributed by atoms with van der Waals surface area (Å²) in [6.45, 7) is 2.81. The number of carbonyl (C=O) groups excluding carboxylic acids is 3. The molecule has 1 unspecified atom stereocenters. The van der Waals surface area contributed by atoms with Gasteiger partial charge in [-0.3, -0.25) is 9.59 Å². The second-order valence-corrected chi connectivity index (χ2v) is 6.95. The molecule has 1 aliphatic rings. The molecule has 1 rings (SSSR count). The molecule has 1 fully saturated rings. The van der Waals surface area contributed by atoms with Crippen LogP contribution in [-0.4, -0.2) is 75.0 Å². The highest BCUT2D eigenvalue weighted by Crippen LogP contribution is 2.10. The first-order chi connectivity index (χ1) is 13.9. The van der Waals surface area contributed by atoms with E-state index < -0.39 is 24.1 Å². The minimum absolute atomic E-state index is 0.0202. The Balaban J connectivity index is 2.44. The summed E-state index contributed by atoms with van der Waals surface area (Å²) in [4.78, 5) is 46.1. The van der Waals surface area contributed by atoms with Gasteiger partial charge in [0.05, 0.1) is 13.5 Å². The summed E-state index contributed by atoms with van der Waals surface area (Å²) in [5, 5.41) is 22.4. The third-order valence-corrected chi connectivity index (χ3v) is 4.64. The fourth-order valence-corrected chi connectivity index (χ4v) is 2.95. The number of rotatable bonds is 12. The van der Waals surface area contributed by atoms with E-state index in [9.17, 15) is 19.2 Å². The average molecular weight is 415 g/mol. The van der Waals surface area contributed by atoms with Crippen LogP contribution >= 0.6 is 0 Å². The van der Waals surface area contributed by atoms with Crippen molar-refractivity contribution in [2.45, 2.75) is 44.6 Å². The zero-order valence-corrected chi connectivity index (χ0v) is 16.9. The summed E-state index contributed by atoms with van der Waals surface area (Å²) < 4.78 is 4.49. The van der Waals surface area contributed by atoms with E-state index in [1.165, 1.54) is 7.11 Å². The summed E-state index contributed by atoms with van der Waals surface area (Å²) in [5.41, 5.74) is 0. The highest BCUT2D eigenvalue weighted by molar-refractivity contribution is 5.87. The Hall–Kier alpha value is -2.56. The summed E-state index contributed by atoms with van der Waals surface area (Å²) in [6, 6.07) is -1.32. The number of hydrogen-bond acceptors (Lipinski definition) is 6. The molecule has 11 heteroatoms. The van der Waals surface area contributed by atoms with Crippen LogP contribution in [0.15, 0.2) is 0 Å². The Morgan fingerprint density at radius 3 is 2.45 bits per heavy atom. The van der Waals surface area contributed by atoms with Gasteiger partial charge in [0, 0.05) is 19.6 Å². The molecule has 0 aromatic carbocycles. The van der Waals surface area contributed by atoms with Gasteiger partial charge >= 0.3 is 18.1 Å². The molecule has 166 valence electrons. The molecular weight excluding hydrogens is 382 g/mol. The van der Waals surface area contributed by atoms with E-state index in [4.69, 9.17) is 5.11 Å². The summed E-state index contributed by atoms with van der Waals surface area (Å²) >= 11 is 0. The number of amides is 4. The van der Waals surface area contributed by atoms with E-state index in [2.05, 4.69) is 31.3 Å². The van der Waals surface area contributed by atoms with Gasteiger partial charge in [0.25, 0.3) is 0 Å². The highest BCUT2D eigenvalue weighted by atomic mass is 16.5. The molecule has 1 atom stereocenters. The first-order valence-corrected chi connectivity index (χ1v) is 9.98. The number of aliphatic carboxylic acids is 1. The monoisotopic (exact) mass is 415 g/mol. The quantitative estimate of drug-likeness (QED) is 0.240. The molecule has 29 heavy (non-hydrogen) atoms. The Kier molecular flexibility index (Phi) is 12.2. The largest absolute Gasteiger partial charge is 0.481 e. The first-order valence-electron chi connectivity index (χ1n) is 9.98. The van der Waals surface area contributed by atoms with E-state index in [1.807, 2.05) is 0 Å². The number of unbranched alkanes of at least 4 members (excludes halogenated alkanes) is 1. The number of carboxylic acid groups (broad SMARTS) is 1. The number of piperidine rings is 1. The van der Waals surface area contributed by atoms with Gasteiger partial charge in [0.2, 0.25) is 5.91 Å². The Morgan fingerprint density at radius 2 is 1.79 bits per heavy atom. The zero-order valence-electron chi connectivity index (χ0n) is 16.9. The lowest BCUT2D eigenvalue weighted by Gasteiger charge is -2.24. The maximum absolute atomic E-state index is 12.6. The van der Waals surface area contributed by atoms with E-state index in [1.54, 1.807) is 0 Å². The van der Waals surface area contributed by atoms with Crippen LogP contribution in [0, 0.1) is 5.92 Å². The number of carbonyl (C=O) groups is 4. The van der Waals surface area contributed by atoms with E-state index in [0.29, 0.717) is 38.3 Å². The van der Waals surface area contributed by atoms with E-state index >= 15 is 0 Å². The SMILES string of the molecule is COC(=O)NCCCCC(NC(=O)NCCC(=O)O)C(=O)NCC1CCNCC1. The fourth-order valence-electron chi connectivity index (χ4n) is 2.95. The topological polar surface area (TPSA) is 158 Å². The van der Waals surface area contributed by atoms with Crippen molar-refractivity contribution in [2.75, 3.05) is 39.8 Å². The number of carboxylic acids is 1. The van der Waals surface area contributed by atoms with Crippen LogP contribution in [0.25, 0.3) is 0 Å². The van der Waals surface area contributed by atoms with Crippen molar-refractivity contribution in [1.82, 2.24) is 26.6 Å². The zero-order chi connectivity index (χ0) is 21.5. The first kappa shape index (κ1) is 24.5. The molecule has 1 heterocycles. The molecule has 0 saturated carbocycles. The standard InChI is InChI=1S/C18H33N5O6/c1-29-18(28)21-8-3-2-4-14(23-17(27)20-11-7-15(24)25)16(26)22-12-13-5-9-19-10-6-13/h13-14,19H,2-12H2,1H3,(H,21,28)(H,22,26)(H,24,25)(H2,20,23,27). The van der Waals surface area contributed by atoms with Crippen LogP contribution in [0.2, 0.25) is 0 Å². The van der Waals surface area contributed by atoms with Crippen molar-refractivity contribution in [1.29, 1.82) is 0 Å². The van der Waals surface area contributed by atoms with Gasteiger partial charge in [-0.05, 0) is 51.1 Å². The van der Waals surface area contributed by atoms with Gasteiger partial charge < -0.3 is 36.4 Å². The second kappa shape index (κ2) is 14.4. The van der Waals surface area contributed by atoms with Gasteiger partial charge in [-0.2, -0.15) is 0 Å². The number of nitrogens with one attached hydrogen (secondary N) is 5. The molecule has 0 spiro atoms. The molecule has 0 aromatic heterocycles. The van der Waals surface area contributed by atoms with Gasteiger partial charge in [0.1, 0.15) is 6.04 Å². The molecule has 4 amide bonds. The molecule has 6 N–H and O–H groups in total. The maximum atomic E-state index is 12.6. The summed E-state index contributed by atoms with van der Waals surface area (Å²) in [6.07, 6.45) is 2.89. The smallest absolute Gasteiger partial charge is 0.406 e. The van der Waals surface area contributed by atoms with Crippen molar-refractivity contribution in [2.24, 2.45) is 5.92 Å². The second-order valence-electron chi connectivity index (χ2n) is 6.95. The van der Waals surface area contributed by atoms with Crippen molar-refractivity contribution in [3.8, 4) is 0 Å². The molecule has 0 radical (unpaired) electrons. The van der Waals surface area contributed by atoms with Crippen LogP contribution in [0.3, 0.4) is 0 Å². The summed E-state index contributed by atoms with van der Waals surface area (Å²) in [5.74, 6) is -0.869. The van der Waals surface area contributed by atoms with Crippen molar-refractivity contribution >= 4 is 24.0 Å². The lowest BCUT2D eigenvalue weighted by atomic mass is 9.98. The van der Waals surface area contributed by atoms with Crippen molar-refractivity contribution in [3.63, 3.8) is 0 Å². The van der Waals surface area contributed by atoms with Crippen LogP contribution in [-0.2, 0) is 14.3 Å². The van der Waals surface area contributed by atoms with Crippen LogP contribution < -0.4 is 26.6 Å². The molecule has 0 aromatic rings. The molecule has 1 aliphatic heterocycles. The predicted octanol–water partition coefficient (Wildman–Crippen LogP) is -0.229. The molecular formula is C18H33N5O6. The molecule has 0 aliphatic carbocycles. The number of hydrogen-bond donors (Lipinski definition) is 6. The normalized spacial score (nSPS) is 15.1. The van der Waals surface area contributed by atoms with Crippen molar-refractivity contribution < 1.29 is 29.0 Å². The van der Waals surface area contributed by atoms with Crippen LogP contribution in [0.4, 0.5) is 9.59 Å². The van der Waals surface area contributed by atoms with Crippen LogP contribution in [0.5, 0.6) is 0 Å². The third kappa shape index (κ3) is 11.8. The molecule has 11 nitrogen and oxygen atoms in total. The molecule has 1 saturated heterocycles. The van der Waals surface area contributed by atoms with E-state index in [-0.39, 0.29) is 18.9 Å². The lowest BCUT2D eigenvalue weighted by molar-refractivity contribution is -0.136. The van der Waals surface area contributed by atoms with Gasteiger partial charge in [0.15, 0.2) is 0 Å². The highest BCUT2D eigenvalue weighted by Gasteiger charge is 2.22. The Morgan fingerprint density at radius 1 is 1.07 bits per heavy atom. The minimum atomic E-state index is -1.01. The Bertz CT molecular complexity index is 539. The molecule has 0 bridgehead atoms. The average Bonchev–Trinajstić information content (AvgIpc) is 2.71. The van der Waals surface area contributed by atoms with Crippen LogP contribution in [0.1, 0.15) is 38.5 Å². The predicted molar refractivity (Wildman–Crippen MR) is 105 cm³/mol. The van der Waals surface area contributed by atoms with E-state index in [0.717, 1.165) is 25.9 Å². The number of methoxy groups -OCH3 is 1. The van der Waals surface area contributed by atoms with Gasteiger partial charge in [-0.15, -0.1) is 0 Å². The maximum Gasteiger partial charge on any atom is 0.406 e. The summed E-state index contributed by atoms with van der Waals surface area (Å²) in [7, 11) is 1.28. The van der Waals surface area contributed by atoms with Gasteiger partial charge in [-0.1, -0.05) is 0 Å². The van der Waals surface area contributed by atoms with Crippen molar-refractivity contribution in [3.05, 3.63) is 0 Å². The minimum Gasteiger partial charge on any atom is -0.481 e. The number of urea groups is 1.